The summed E-state index contributed by atoms with van der Waals surface area (Å²) in [6.07, 6.45) is 0.708. The van der Waals surface area contributed by atoms with Gasteiger partial charge in [0.2, 0.25) is 0 Å². The maximum Gasteiger partial charge on any atom is 0.126 e. The van der Waals surface area contributed by atoms with E-state index >= 15 is 0 Å². The number of benzene rings is 2. The maximum absolute atomic E-state index is 6.31. The third kappa shape index (κ3) is 2.96. The molecule has 5 heteroatoms. The molecule has 0 fully saturated rings. The molecule has 3 rings (SSSR count). The fraction of sp³-hybridized carbons (Fsp3) is 0.250. The third-order valence-electron chi connectivity index (χ3n) is 3.67. The van der Waals surface area contributed by atoms with Crippen LogP contribution in [0.2, 0.25) is 0 Å². The summed E-state index contributed by atoms with van der Waals surface area (Å²) in [5.74, 6) is 1.64. The van der Waals surface area contributed by atoms with Crippen molar-refractivity contribution >= 4 is 31.9 Å². The molecule has 21 heavy (non-hydrogen) atoms. The highest BCUT2D eigenvalue weighted by molar-refractivity contribution is 9.13. The van der Waals surface area contributed by atoms with Gasteiger partial charge in [0.15, 0.2) is 0 Å². The number of ether oxygens (including phenoxy) is 2. The van der Waals surface area contributed by atoms with Crippen LogP contribution in [0.3, 0.4) is 0 Å². The Bertz CT molecular complexity index is 675. The molecular formula is C16H15Br2NO2. The van der Waals surface area contributed by atoms with E-state index < -0.39 is 0 Å². The van der Waals surface area contributed by atoms with Crippen LogP contribution >= 0.6 is 31.9 Å². The van der Waals surface area contributed by atoms with Gasteiger partial charge >= 0.3 is 0 Å². The first kappa shape index (κ1) is 14.9. The molecule has 0 bridgehead atoms. The van der Waals surface area contributed by atoms with Crippen molar-refractivity contribution in [3.8, 4) is 11.5 Å². The highest BCUT2D eigenvalue weighted by atomic mass is 79.9. The van der Waals surface area contributed by atoms with Crippen LogP contribution in [-0.2, 0) is 0 Å². The average Bonchev–Trinajstić information content (AvgIpc) is 2.49. The molecule has 2 aromatic rings. The lowest BCUT2D eigenvalue weighted by atomic mass is 9.93. The van der Waals surface area contributed by atoms with Crippen molar-refractivity contribution in [3.05, 3.63) is 56.5 Å². The summed E-state index contributed by atoms with van der Waals surface area (Å²) in [6, 6.07) is 11.8. The molecular weight excluding hydrogens is 398 g/mol. The van der Waals surface area contributed by atoms with Crippen LogP contribution in [-0.4, -0.2) is 7.11 Å². The van der Waals surface area contributed by atoms with Gasteiger partial charge in [0, 0.05) is 27.0 Å². The molecule has 0 spiro atoms. The highest BCUT2D eigenvalue weighted by Gasteiger charge is 2.27. The first-order valence-corrected chi connectivity index (χ1v) is 8.22. The molecule has 0 aromatic heterocycles. The van der Waals surface area contributed by atoms with E-state index in [9.17, 15) is 0 Å². The predicted molar refractivity (Wildman–Crippen MR) is 89.8 cm³/mol. The van der Waals surface area contributed by atoms with Gasteiger partial charge in [-0.15, -0.1) is 0 Å². The Kier molecular flexibility index (Phi) is 4.24. The number of methoxy groups -OCH3 is 1. The number of hydrogen-bond acceptors (Lipinski definition) is 3. The van der Waals surface area contributed by atoms with Crippen molar-refractivity contribution in [2.24, 2.45) is 5.73 Å². The summed E-state index contributed by atoms with van der Waals surface area (Å²) in [6.45, 7) is 0. The van der Waals surface area contributed by atoms with Crippen LogP contribution in [0.25, 0.3) is 0 Å². The standard InChI is InChI=1S/C16H15Br2NO2/c1-20-10-3-5-15-11(7-10)14(19)8-16(21-15)9-2-4-12(17)13(18)6-9/h2-7,14,16H,8,19H2,1H3/t14-,16?/m1/s1. The first-order valence-electron chi connectivity index (χ1n) is 6.63. The summed E-state index contributed by atoms with van der Waals surface area (Å²) in [7, 11) is 1.65. The lowest BCUT2D eigenvalue weighted by Gasteiger charge is -2.31. The van der Waals surface area contributed by atoms with Crippen molar-refractivity contribution in [2.45, 2.75) is 18.6 Å². The second-order valence-electron chi connectivity index (χ2n) is 5.03. The Balaban J connectivity index is 1.92. The molecule has 1 unspecified atom stereocenters. The second-order valence-corrected chi connectivity index (χ2v) is 6.73. The summed E-state index contributed by atoms with van der Waals surface area (Å²) in [5.41, 5.74) is 8.42. The highest BCUT2D eigenvalue weighted by Crippen LogP contribution is 2.42. The van der Waals surface area contributed by atoms with E-state index in [1.54, 1.807) is 7.11 Å². The van der Waals surface area contributed by atoms with Crippen molar-refractivity contribution in [3.63, 3.8) is 0 Å². The van der Waals surface area contributed by atoms with E-state index in [1.807, 2.05) is 24.3 Å². The molecule has 110 valence electrons. The lowest BCUT2D eigenvalue weighted by Crippen LogP contribution is -2.24. The van der Waals surface area contributed by atoms with E-state index in [1.165, 1.54) is 0 Å². The van der Waals surface area contributed by atoms with E-state index in [0.717, 1.165) is 38.0 Å². The topological polar surface area (TPSA) is 44.5 Å². The number of halogens is 2. The molecule has 1 aliphatic heterocycles. The zero-order valence-corrected chi connectivity index (χ0v) is 14.6. The van der Waals surface area contributed by atoms with Gasteiger partial charge in [0.25, 0.3) is 0 Å². The van der Waals surface area contributed by atoms with E-state index in [-0.39, 0.29) is 12.1 Å². The lowest BCUT2D eigenvalue weighted by molar-refractivity contribution is 0.161. The van der Waals surface area contributed by atoms with Gasteiger partial charge < -0.3 is 15.2 Å². The molecule has 0 saturated heterocycles. The molecule has 0 amide bonds. The summed E-state index contributed by atoms with van der Waals surface area (Å²) in [4.78, 5) is 0. The van der Waals surface area contributed by atoms with Crippen LogP contribution in [0.1, 0.15) is 29.7 Å². The molecule has 0 radical (unpaired) electrons. The predicted octanol–water partition coefficient (Wildman–Crippen LogP) is 4.74. The Morgan fingerprint density at radius 3 is 2.67 bits per heavy atom. The fourth-order valence-corrected chi connectivity index (χ4v) is 3.17. The van der Waals surface area contributed by atoms with Gasteiger partial charge in [-0.1, -0.05) is 6.07 Å². The van der Waals surface area contributed by atoms with Crippen LogP contribution in [0, 0.1) is 0 Å². The van der Waals surface area contributed by atoms with Crippen molar-refractivity contribution in [1.82, 2.24) is 0 Å². The minimum atomic E-state index is -0.0590. The van der Waals surface area contributed by atoms with Gasteiger partial charge in [-0.2, -0.15) is 0 Å². The monoisotopic (exact) mass is 411 g/mol. The molecule has 1 heterocycles. The molecule has 1 aliphatic rings. The summed E-state index contributed by atoms with van der Waals surface area (Å²) < 4.78 is 13.4. The zero-order chi connectivity index (χ0) is 15.0. The minimum Gasteiger partial charge on any atom is -0.497 e. The number of nitrogens with two attached hydrogens (primary N) is 1. The SMILES string of the molecule is COc1ccc2c(c1)[C@H](N)CC(c1ccc(Br)c(Br)c1)O2. The molecule has 2 N–H and O–H groups in total. The van der Waals surface area contributed by atoms with Gasteiger partial charge in [-0.3, -0.25) is 0 Å². The quantitative estimate of drug-likeness (QED) is 0.774. The smallest absolute Gasteiger partial charge is 0.126 e. The Morgan fingerprint density at radius 2 is 1.95 bits per heavy atom. The van der Waals surface area contributed by atoms with Gasteiger partial charge in [-0.05, 0) is 67.8 Å². The zero-order valence-electron chi connectivity index (χ0n) is 11.5. The molecule has 0 aliphatic carbocycles. The van der Waals surface area contributed by atoms with E-state index in [2.05, 4.69) is 44.0 Å². The molecule has 3 nitrogen and oxygen atoms in total. The maximum atomic E-state index is 6.31. The van der Waals surface area contributed by atoms with Crippen LogP contribution in [0.5, 0.6) is 11.5 Å². The van der Waals surface area contributed by atoms with Gasteiger partial charge in [-0.25, -0.2) is 0 Å². The normalized spacial score (nSPS) is 20.6. The summed E-state index contributed by atoms with van der Waals surface area (Å²) in [5, 5.41) is 0. The molecule has 2 aromatic carbocycles. The van der Waals surface area contributed by atoms with Gasteiger partial charge in [0.1, 0.15) is 17.6 Å². The average molecular weight is 413 g/mol. The summed E-state index contributed by atoms with van der Waals surface area (Å²) >= 11 is 7.01. The largest absolute Gasteiger partial charge is 0.497 e. The Labute approximate surface area is 140 Å². The van der Waals surface area contributed by atoms with Crippen molar-refractivity contribution in [1.29, 1.82) is 0 Å². The number of fused-ring (bicyclic) bond motifs is 1. The van der Waals surface area contributed by atoms with Crippen LogP contribution in [0.4, 0.5) is 0 Å². The fourth-order valence-electron chi connectivity index (χ4n) is 2.53. The first-order chi connectivity index (χ1) is 10.1. The van der Waals surface area contributed by atoms with Gasteiger partial charge in [0.05, 0.1) is 7.11 Å². The second kappa shape index (κ2) is 5.99. The van der Waals surface area contributed by atoms with E-state index in [4.69, 9.17) is 15.2 Å². The third-order valence-corrected chi connectivity index (χ3v) is 5.55. The molecule has 0 saturated carbocycles. The van der Waals surface area contributed by atoms with Crippen LogP contribution < -0.4 is 15.2 Å². The Hall–Kier alpha value is -1.04. The van der Waals surface area contributed by atoms with Crippen molar-refractivity contribution in [2.75, 3.05) is 7.11 Å². The Morgan fingerprint density at radius 1 is 1.14 bits per heavy atom. The van der Waals surface area contributed by atoms with Crippen LogP contribution in [0.15, 0.2) is 45.3 Å². The van der Waals surface area contributed by atoms with E-state index in [0.29, 0.717) is 0 Å². The minimum absolute atomic E-state index is 0.0368. The van der Waals surface area contributed by atoms with Crippen molar-refractivity contribution < 1.29 is 9.47 Å². The number of rotatable bonds is 2. The number of hydrogen-bond donors (Lipinski definition) is 1. The molecule has 2 atom stereocenters.